The van der Waals surface area contributed by atoms with Crippen molar-refractivity contribution < 1.29 is 9.18 Å². The third kappa shape index (κ3) is 1.73. The predicted octanol–water partition coefficient (Wildman–Crippen LogP) is 2.29. The van der Waals surface area contributed by atoms with E-state index in [-0.39, 0.29) is 23.3 Å². The number of carbonyl (C=O) groups is 1. The maximum absolute atomic E-state index is 13.0. The van der Waals surface area contributed by atoms with Crippen molar-refractivity contribution in [3.05, 3.63) is 35.1 Å². The Labute approximate surface area is 75.6 Å². The van der Waals surface area contributed by atoms with E-state index in [1.165, 1.54) is 18.2 Å². The van der Waals surface area contributed by atoms with Crippen molar-refractivity contribution >= 4 is 5.78 Å². The lowest BCUT2D eigenvalue weighted by Crippen LogP contribution is -2.01. The molecule has 0 radical (unpaired) electrons. The Morgan fingerprint density at radius 2 is 2.31 bits per heavy atom. The molecule has 0 heterocycles. The van der Waals surface area contributed by atoms with E-state index in [2.05, 4.69) is 0 Å². The minimum absolute atomic E-state index is 0.158. The molecule has 1 aromatic carbocycles. The van der Waals surface area contributed by atoms with Crippen molar-refractivity contribution in [3.63, 3.8) is 0 Å². The standard InChI is InChI=1S/C10H8FNO/c1-2-10(13)7-4-3-5-9(11)8(7)6-12/h3-5H,2H2,1H3. The molecule has 0 amide bonds. The van der Waals surface area contributed by atoms with Gasteiger partial charge in [-0.15, -0.1) is 0 Å². The SMILES string of the molecule is CCC(=O)c1cccc(F)c1C#N. The van der Waals surface area contributed by atoms with Gasteiger partial charge in [0.25, 0.3) is 0 Å². The van der Waals surface area contributed by atoms with Crippen molar-refractivity contribution in [3.8, 4) is 6.07 Å². The molecule has 0 fully saturated rings. The summed E-state index contributed by atoms with van der Waals surface area (Å²) in [5.74, 6) is -0.849. The van der Waals surface area contributed by atoms with Crippen LogP contribution in [0.25, 0.3) is 0 Å². The number of nitrogens with zero attached hydrogens (tertiary/aromatic N) is 1. The van der Waals surface area contributed by atoms with Gasteiger partial charge >= 0.3 is 0 Å². The van der Waals surface area contributed by atoms with Crippen LogP contribution in [0.1, 0.15) is 29.3 Å². The fourth-order valence-corrected chi connectivity index (χ4v) is 1.06. The number of rotatable bonds is 2. The molecule has 0 atom stereocenters. The summed E-state index contributed by atoms with van der Waals surface area (Å²) in [5, 5.41) is 8.60. The third-order valence-electron chi connectivity index (χ3n) is 1.75. The number of halogens is 1. The molecule has 0 aliphatic heterocycles. The second kappa shape index (κ2) is 3.81. The molecular weight excluding hydrogens is 169 g/mol. The van der Waals surface area contributed by atoms with Gasteiger partial charge in [0.15, 0.2) is 5.78 Å². The summed E-state index contributed by atoms with van der Waals surface area (Å²) >= 11 is 0. The topological polar surface area (TPSA) is 40.9 Å². The lowest BCUT2D eigenvalue weighted by molar-refractivity contribution is 0.0987. The van der Waals surface area contributed by atoms with Crippen LogP contribution in [0.4, 0.5) is 4.39 Å². The predicted molar refractivity (Wildman–Crippen MR) is 45.7 cm³/mol. The molecule has 0 bridgehead atoms. The Morgan fingerprint density at radius 1 is 1.62 bits per heavy atom. The molecule has 0 aliphatic carbocycles. The van der Waals surface area contributed by atoms with Crippen molar-refractivity contribution in [1.82, 2.24) is 0 Å². The van der Waals surface area contributed by atoms with Crippen LogP contribution in [0.5, 0.6) is 0 Å². The van der Waals surface area contributed by atoms with Crippen LogP contribution >= 0.6 is 0 Å². The second-order valence-corrected chi connectivity index (χ2v) is 2.55. The lowest BCUT2D eigenvalue weighted by Gasteiger charge is -2.00. The molecule has 2 nitrogen and oxygen atoms in total. The third-order valence-corrected chi connectivity index (χ3v) is 1.75. The Kier molecular flexibility index (Phi) is 2.76. The van der Waals surface area contributed by atoms with Crippen molar-refractivity contribution in [2.24, 2.45) is 0 Å². The number of Topliss-reactive ketones (excluding diaryl/α,β-unsaturated/α-hetero) is 1. The highest BCUT2D eigenvalue weighted by molar-refractivity contribution is 5.98. The molecule has 1 rings (SSSR count). The Hall–Kier alpha value is -1.69. The normalized spacial score (nSPS) is 9.31. The van der Waals surface area contributed by atoms with E-state index < -0.39 is 5.82 Å². The Bertz CT molecular complexity index is 379. The zero-order valence-corrected chi connectivity index (χ0v) is 7.17. The van der Waals surface area contributed by atoms with Gasteiger partial charge in [0, 0.05) is 12.0 Å². The molecular formula is C10H8FNO. The molecule has 0 unspecified atom stereocenters. The van der Waals surface area contributed by atoms with Gasteiger partial charge in [0.05, 0.1) is 5.56 Å². The summed E-state index contributed by atoms with van der Waals surface area (Å²) in [6.45, 7) is 1.67. The molecule has 3 heteroatoms. The van der Waals surface area contributed by atoms with Gasteiger partial charge in [-0.25, -0.2) is 4.39 Å². The Morgan fingerprint density at radius 3 is 2.85 bits per heavy atom. The monoisotopic (exact) mass is 177 g/mol. The van der Waals surface area contributed by atoms with Crippen LogP contribution in [-0.4, -0.2) is 5.78 Å². The summed E-state index contributed by atoms with van der Waals surface area (Å²) in [7, 11) is 0. The molecule has 0 aromatic heterocycles. The first-order chi connectivity index (χ1) is 6.20. The number of benzene rings is 1. The largest absolute Gasteiger partial charge is 0.294 e. The molecule has 0 saturated carbocycles. The van der Waals surface area contributed by atoms with Crippen LogP contribution in [0, 0.1) is 17.1 Å². The fourth-order valence-electron chi connectivity index (χ4n) is 1.06. The van der Waals surface area contributed by atoms with E-state index in [1.54, 1.807) is 13.0 Å². The van der Waals surface area contributed by atoms with Gasteiger partial charge in [-0.2, -0.15) is 5.26 Å². The van der Waals surface area contributed by atoms with E-state index in [0.717, 1.165) is 0 Å². The van der Waals surface area contributed by atoms with Crippen LogP contribution in [-0.2, 0) is 0 Å². The summed E-state index contributed by atoms with van der Waals surface area (Å²) in [4.78, 5) is 11.2. The van der Waals surface area contributed by atoms with Gasteiger partial charge < -0.3 is 0 Å². The molecule has 66 valence electrons. The lowest BCUT2D eigenvalue weighted by atomic mass is 10.0. The van der Waals surface area contributed by atoms with Gasteiger partial charge in [0.2, 0.25) is 0 Å². The first-order valence-corrected chi connectivity index (χ1v) is 3.92. The first-order valence-electron chi connectivity index (χ1n) is 3.92. The van der Waals surface area contributed by atoms with Crippen LogP contribution in [0.15, 0.2) is 18.2 Å². The Balaban J connectivity index is 3.30. The molecule has 0 spiro atoms. The zero-order chi connectivity index (χ0) is 9.84. The van der Waals surface area contributed by atoms with Crippen molar-refractivity contribution in [2.75, 3.05) is 0 Å². The summed E-state index contributed by atoms with van der Waals surface area (Å²) in [6.07, 6.45) is 0.276. The number of ketones is 1. The second-order valence-electron chi connectivity index (χ2n) is 2.55. The highest BCUT2D eigenvalue weighted by Crippen LogP contribution is 2.13. The van der Waals surface area contributed by atoms with Crippen LogP contribution in [0.3, 0.4) is 0 Å². The minimum Gasteiger partial charge on any atom is -0.294 e. The average Bonchev–Trinajstić information content (AvgIpc) is 2.16. The molecule has 0 N–H and O–H groups in total. The number of hydrogen-bond donors (Lipinski definition) is 0. The highest BCUT2D eigenvalue weighted by atomic mass is 19.1. The summed E-state index contributed by atoms with van der Waals surface area (Å²) in [6, 6.07) is 5.75. The minimum atomic E-state index is -0.637. The first kappa shape index (κ1) is 9.40. The van der Waals surface area contributed by atoms with Crippen LogP contribution in [0.2, 0.25) is 0 Å². The quantitative estimate of drug-likeness (QED) is 0.650. The molecule has 0 aliphatic rings. The maximum atomic E-state index is 13.0. The maximum Gasteiger partial charge on any atom is 0.164 e. The summed E-state index contributed by atoms with van der Waals surface area (Å²) in [5.41, 5.74) is 0.0133. The van der Waals surface area contributed by atoms with E-state index in [0.29, 0.717) is 0 Å². The van der Waals surface area contributed by atoms with E-state index in [1.807, 2.05) is 0 Å². The molecule has 0 saturated heterocycles. The van der Waals surface area contributed by atoms with Crippen molar-refractivity contribution in [2.45, 2.75) is 13.3 Å². The van der Waals surface area contributed by atoms with Crippen LogP contribution < -0.4 is 0 Å². The summed E-state index contributed by atoms with van der Waals surface area (Å²) < 4.78 is 13.0. The molecule has 1 aromatic rings. The van der Waals surface area contributed by atoms with E-state index in [4.69, 9.17) is 5.26 Å². The van der Waals surface area contributed by atoms with E-state index >= 15 is 0 Å². The average molecular weight is 177 g/mol. The van der Waals surface area contributed by atoms with Gasteiger partial charge in [-0.05, 0) is 12.1 Å². The fraction of sp³-hybridized carbons (Fsp3) is 0.200. The van der Waals surface area contributed by atoms with Gasteiger partial charge in [0.1, 0.15) is 11.9 Å². The molecule has 13 heavy (non-hydrogen) atoms. The number of hydrogen-bond acceptors (Lipinski definition) is 2. The number of nitriles is 1. The van der Waals surface area contributed by atoms with E-state index in [9.17, 15) is 9.18 Å². The highest BCUT2D eigenvalue weighted by Gasteiger charge is 2.12. The smallest absolute Gasteiger partial charge is 0.164 e. The van der Waals surface area contributed by atoms with Crippen molar-refractivity contribution in [1.29, 1.82) is 5.26 Å². The number of carbonyl (C=O) groups excluding carboxylic acids is 1. The zero-order valence-electron chi connectivity index (χ0n) is 7.17. The van der Waals surface area contributed by atoms with Gasteiger partial charge in [-0.3, -0.25) is 4.79 Å². The van der Waals surface area contributed by atoms with Gasteiger partial charge in [-0.1, -0.05) is 13.0 Å².